The number of nitrogens with one attached hydrogen (secondary N) is 1. The molecule has 112 valence electrons. The monoisotopic (exact) mass is 344 g/mol. The van der Waals surface area contributed by atoms with Crippen molar-refractivity contribution in [3.8, 4) is 0 Å². The van der Waals surface area contributed by atoms with Crippen molar-refractivity contribution in [3.63, 3.8) is 0 Å². The molecule has 0 radical (unpaired) electrons. The van der Waals surface area contributed by atoms with Crippen molar-refractivity contribution in [2.24, 2.45) is 0 Å². The van der Waals surface area contributed by atoms with E-state index < -0.39 is 12.2 Å². The highest BCUT2D eigenvalue weighted by atomic mass is 79.9. The summed E-state index contributed by atoms with van der Waals surface area (Å²) in [6.07, 6.45) is -1.35. The van der Waals surface area contributed by atoms with Crippen LogP contribution >= 0.6 is 15.9 Å². The number of aliphatic hydroxyl groups is 2. The minimum atomic E-state index is -0.673. The summed E-state index contributed by atoms with van der Waals surface area (Å²) in [5, 5.41) is 22.7. The highest BCUT2D eigenvalue weighted by Gasteiger charge is 2.30. The van der Waals surface area contributed by atoms with Crippen LogP contribution in [0.15, 0.2) is 22.7 Å². The number of aliphatic hydroxyl groups excluding tert-OH is 2. The van der Waals surface area contributed by atoms with Gasteiger partial charge in [0.2, 0.25) is 0 Å². The molecule has 3 N–H and O–H groups in total. The first kappa shape index (κ1) is 15.7. The Kier molecular flexibility index (Phi) is 5.80. The van der Waals surface area contributed by atoms with Crippen LogP contribution in [0.2, 0.25) is 0 Å². The minimum Gasteiger partial charge on any atom is -0.389 e. The Hall–Kier alpha value is -0.660. The van der Waals surface area contributed by atoms with E-state index in [0.717, 1.165) is 28.8 Å². The Morgan fingerprint density at radius 3 is 2.70 bits per heavy atom. The summed E-state index contributed by atoms with van der Waals surface area (Å²) in [6.45, 7) is 3.11. The molecule has 2 atom stereocenters. The van der Waals surface area contributed by atoms with Crippen molar-refractivity contribution in [1.29, 1.82) is 0 Å². The number of ether oxygens (including phenoxy) is 1. The van der Waals surface area contributed by atoms with Crippen LogP contribution in [0.1, 0.15) is 5.56 Å². The molecular formula is C14H21BrN2O3. The molecule has 0 saturated carbocycles. The van der Waals surface area contributed by atoms with Gasteiger partial charge in [0.05, 0.1) is 18.8 Å². The van der Waals surface area contributed by atoms with Gasteiger partial charge in [-0.1, -0.05) is 15.9 Å². The van der Waals surface area contributed by atoms with E-state index in [1.165, 1.54) is 0 Å². The van der Waals surface area contributed by atoms with Crippen LogP contribution in [0, 0.1) is 0 Å². The fraction of sp³-hybridized carbons (Fsp3) is 0.571. The molecule has 0 spiro atoms. The lowest BCUT2D eigenvalue weighted by Crippen LogP contribution is -2.25. The second-order valence-corrected chi connectivity index (χ2v) is 5.90. The molecule has 0 aromatic heterocycles. The number of anilines is 1. The van der Waals surface area contributed by atoms with E-state index >= 15 is 0 Å². The zero-order chi connectivity index (χ0) is 14.5. The lowest BCUT2D eigenvalue weighted by Gasteiger charge is -2.22. The van der Waals surface area contributed by atoms with Gasteiger partial charge >= 0.3 is 0 Å². The summed E-state index contributed by atoms with van der Waals surface area (Å²) < 4.78 is 6.03. The molecule has 5 nitrogen and oxygen atoms in total. The van der Waals surface area contributed by atoms with Crippen LogP contribution < -0.4 is 10.2 Å². The van der Waals surface area contributed by atoms with Gasteiger partial charge in [0.25, 0.3) is 0 Å². The molecule has 0 aliphatic carbocycles. The lowest BCUT2D eigenvalue weighted by molar-refractivity contribution is 0.0572. The molecule has 1 aliphatic heterocycles. The van der Waals surface area contributed by atoms with Gasteiger partial charge < -0.3 is 25.2 Å². The summed E-state index contributed by atoms with van der Waals surface area (Å²) in [7, 11) is 1.68. The fourth-order valence-corrected chi connectivity index (χ4v) is 2.78. The summed E-state index contributed by atoms with van der Waals surface area (Å²) in [5.74, 6) is 0. The third-order valence-electron chi connectivity index (χ3n) is 3.44. The van der Waals surface area contributed by atoms with E-state index in [2.05, 4.69) is 27.3 Å². The second-order valence-electron chi connectivity index (χ2n) is 4.98. The summed E-state index contributed by atoms with van der Waals surface area (Å²) in [4.78, 5) is 2.02. The highest BCUT2D eigenvalue weighted by molar-refractivity contribution is 9.10. The van der Waals surface area contributed by atoms with Crippen molar-refractivity contribution >= 4 is 21.6 Å². The smallest absolute Gasteiger partial charge is 0.0990 e. The molecule has 1 fully saturated rings. The average molecular weight is 345 g/mol. The van der Waals surface area contributed by atoms with E-state index in [0.29, 0.717) is 19.7 Å². The van der Waals surface area contributed by atoms with Crippen LogP contribution in [0.25, 0.3) is 0 Å². The van der Waals surface area contributed by atoms with E-state index in [9.17, 15) is 10.2 Å². The quantitative estimate of drug-likeness (QED) is 0.664. The Balaban J connectivity index is 2.07. The van der Waals surface area contributed by atoms with E-state index in [4.69, 9.17) is 4.74 Å². The molecule has 1 aromatic rings. The van der Waals surface area contributed by atoms with Gasteiger partial charge in [0.1, 0.15) is 0 Å². The van der Waals surface area contributed by atoms with Gasteiger partial charge in [-0.15, -0.1) is 0 Å². The molecular weight excluding hydrogens is 324 g/mol. The van der Waals surface area contributed by atoms with Crippen molar-refractivity contribution < 1.29 is 14.9 Å². The number of halogens is 1. The Morgan fingerprint density at radius 2 is 2.05 bits per heavy atom. The van der Waals surface area contributed by atoms with Gasteiger partial charge in [-0.3, -0.25) is 0 Å². The predicted molar refractivity (Wildman–Crippen MR) is 82.0 cm³/mol. The van der Waals surface area contributed by atoms with Crippen molar-refractivity contribution in [3.05, 3.63) is 28.2 Å². The van der Waals surface area contributed by atoms with Crippen molar-refractivity contribution in [2.45, 2.75) is 18.8 Å². The number of benzene rings is 1. The molecule has 20 heavy (non-hydrogen) atoms. The number of methoxy groups -OCH3 is 1. The Bertz CT molecular complexity index is 434. The summed E-state index contributed by atoms with van der Waals surface area (Å²) in [6, 6.07) is 6.06. The van der Waals surface area contributed by atoms with Crippen LogP contribution in [0.3, 0.4) is 0 Å². The van der Waals surface area contributed by atoms with Crippen molar-refractivity contribution in [2.75, 3.05) is 38.3 Å². The maximum Gasteiger partial charge on any atom is 0.0990 e. The van der Waals surface area contributed by atoms with Crippen LogP contribution in [0.5, 0.6) is 0 Å². The molecule has 2 rings (SSSR count). The maximum absolute atomic E-state index is 9.69. The topological polar surface area (TPSA) is 65.0 Å². The zero-order valence-corrected chi connectivity index (χ0v) is 13.1. The highest BCUT2D eigenvalue weighted by Crippen LogP contribution is 2.27. The first-order valence-corrected chi connectivity index (χ1v) is 7.50. The van der Waals surface area contributed by atoms with Crippen LogP contribution in [-0.4, -0.2) is 55.8 Å². The summed E-state index contributed by atoms with van der Waals surface area (Å²) in [5.41, 5.74) is 2.19. The number of nitrogens with zero attached hydrogens (tertiary/aromatic N) is 1. The SMILES string of the molecule is COCCNCc1cc(Br)ccc1N1CC(O)C(O)C1. The first-order valence-electron chi connectivity index (χ1n) is 6.71. The third kappa shape index (κ3) is 3.93. The van der Waals surface area contributed by atoms with Gasteiger partial charge in [-0.2, -0.15) is 0 Å². The van der Waals surface area contributed by atoms with E-state index in [-0.39, 0.29) is 0 Å². The largest absolute Gasteiger partial charge is 0.389 e. The molecule has 2 unspecified atom stereocenters. The lowest BCUT2D eigenvalue weighted by atomic mass is 10.1. The minimum absolute atomic E-state index is 0.466. The molecule has 6 heteroatoms. The van der Waals surface area contributed by atoms with Gasteiger partial charge in [-0.25, -0.2) is 0 Å². The van der Waals surface area contributed by atoms with Gasteiger partial charge in [0, 0.05) is 43.4 Å². The predicted octanol–water partition coefficient (Wildman–Crippen LogP) is 0.727. The number of rotatable bonds is 6. The average Bonchev–Trinajstić information content (AvgIpc) is 2.75. The maximum atomic E-state index is 9.69. The zero-order valence-electron chi connectivity index (χ0n) is 11.6. The van der Waals surface area contributed by atoms with Crippen LogP contribution in [0.4, 0.5) is 5.69 Å². The number of β-amino-alcohol motifs (C(OH)–C–C–N with tert-alkyl or cyclic N) is 2. The Morgan fingerprint density at radius 1 is 1.35 bits per heavy atom. The standard InChI is InChI=1S/C14H21BrN2O3/c1-20-5-4-16-7-10-6-11(15)2-3-12(10)17-8-13(18)14(19)9-17/h2-3,6,13-14,16,18-19H,4-5,7-9H2,1H3. The molecule has 1 saturated heterocycles. The van der Waals surface area contributed by atoms with Gasteiger partial charge in [-0.05, 0) is 23.8 Å². The molecule has 1 aromatic carbocycles. The van der Waals surface area contributed by atoms with Crippen LogP contribution in [-0.2, 0) is 11.3 Å². The van der Waals surface area contributed by atoms with Crippen molar-refractivity contribution in [1.82, 2.24) is 5.32 Å². The number of hydrogen-bond acceptors (Lipinski definition) is 5. The second kappa shape index (κ2) is 7.38. The molecule has 0 bridgehead atoms. The van der Waals surface area contributed by atoms with E-state index in [1.54, 1.807) is 7.11 Å². The normalized spacial score (nSPS) is 22.5. The molecule has 0 amide bonds. The van der Waals surface area contributed by atoms with E-state index in [1.807, 2.05) is 17.0 Å². The van der Waals surface area contributed by atoms with Gasteiger partial charge in [0.15, 0.2) is 0 Å². The first-order chi connectivity index (χ1) is 9.61. The molecule has 1 heterocycles. The Labute approximate surface area is 127 Å². The summed E-state index contributed by atoms with van der Waals surface area (Å²) >= 11 is 3.48. The molecule has 1 aliphatic rings. The third-order valence-corrected chi connectivity index (χ3v) is 3.93. The number of hydrogen-bond donors (Lipinski definition) is 3. The fourth-order valence-electron chi connectivity index (χ4n) is 2.37.